The summed E-state index contributed by atoms with van der Waals surface area (Å²) in [5.41, 5.74) is 3.48. The van der Waals surface area contributed by atoms with Gasteiger partial charge < -0.3 is 15.2 Å². The molecule has 0 atom stereocenters. The molecule has 3 aromatic heterocycles. The van der Waals surface area contributed by atoms with Crippen molar-refractivity contribution in [1.82, 2.24) is 29.5 Å². The number of imidazole rings is 2. The first-order valence-electron chi connectivity index (χ1n) is 9.54. The summed E-state index contributed by atoms with van der Waals surface area (Å²) < 4.78 is 15.5. The van der Waals surface area contributed by atoms with Crippen LogP contribution in [0, 0.1) is 5.82 Å². The molecular weight excluding hydrogens is 419 g/mol. The highest BCUT2D eigenvalue weighted by molar-refractivity contribution is 6.31. The lowest BCUT2D eigenvalue weighted by atomic mass is 10.3. The van der Waals surface area contributed by atoms with E-state index in [9.17, 15) is 4.39 Å². The summed E-state index contributed by atoms with van der Waals surface area (Å²) in [5.74, 6) is 1.47. The summed E-state index contributed by atoms with van der Waals surface area (Å²) in [6.45, 7) is 0.401. The van der Waals surface area contributed by atoms with Gasteiger partial charge in [0.25, 0.3) is 0 Å². The van der Waals surface area contributed by atoms with Crippen LogP contribution in [0.3, 0.4) is 0 Å². The lowest BCUT2D eigenvalue weighted by Gasteiger charge is -2.13. The van der Waals surface area contributed by atoms with E-state index in [0.29, 0.717) is 40.2 Å². The third-order valence-corrected chi connectivity index (χ3v) is 5.02. The number of halogens is 2. The fraction of sp³-hybridized carbons (Fsp3) is 0.143. The second-order valence-electron chi connectivity index (χ2n) is 7.23. The highest BCUT2D eigenvalue weighted by atomic mass is 35.5. The van der Waals surface area contributed by atoms with Crippen molar-refractivity contribution in [2.45, 2.75) is 6.54 Å². The number of nitrogens with zero attached hydrogens (tertiary/aromatic N) is 6. The highest BCUT2D eigenvalue weighted by Gasteiger charge is 2.16. The first kappa shape index (κ1) is 19.3. The predicted octanol–water partition coefficient (Wildman–Crippen LogP) is 4.16. The second-order valence-corrected chi connectivity index (χ2v) is 7.67. The average Bonchev–Trinajstić information content (AvgIpc) is 3.35. The van der Waals surface area contributed by atoms with Crippen molar-refractivity contribution in [3.05, 3.63) is 65.5 Å². The maximum Gasteiger partial charge on any atom is 0.228 e. The Bertz CT molecular complexity index is 1410. The van der Waals surface area contributed by atoms with E-state index >= 15 is 0 Å². The van der Waals surface area contributed by atoms with E-state index in [0.717, 1.165) is 16.9 Å². The van der Waals surface area contributed by atoms with Crippen molar-refractivity contribution in [3.63, 3.8) is 0 Å². The molecule has 156 valence electrons. The van der Waals surface area contributed by atoms with E-state index in [2.05, 4.69) is 30.2 Å². The van der Waals surface area contributed by atoms with Crippen LogP contribution in [-0.4, -0.2) is 43.6 Å². The molecule has 0 amide bonds. The Morgan fingerprint density at radius 1 is 1.13 bits per heavy atom. The average molecular weight is 437 g/mol. The van der Waals surface area contributed by atoms with Crippen molar-refractivity contribution in [2.75, 3.05) is 24.3 Å². The van der Waals surface area contributed by atoms with Crippen LogP contribution in [0.5, 0.6) is 0 Å². The lowest BCUT2D eigenvalue weighted by molar-refractivity contribution is 0.626. The number of aromatic amines is 1. The molecule has 0 fully saturated rings. The molecule has 5 rings (SSSR count). The van der Waals surface area contributed by atoms with Gasteiger partial charge in [-0.05, 0) is 36.4 Å². The van der Waals surface area contributed by atoms with Crippen molar-refractivity contribution in [1.29, 1.82) is 0 Å². The third-order valence-electron chi connectivity index (χ3n) is 4.79. The number of H-pyrrole nitrogens is 1. The van der Waals surface area contributed by atoms with E-state index in [-0.39, 0.29) is 5.82 Å². The monoisotopic (exact) mass is 436 g/mol. The van der Waals surface area contributed by atoms with E-state index in [1.807, 2.05) is 26.2 Å². The van der Waals surface area contributed by atoms with Crippen LogP contribution in [0.15, 0.2) is 48.8 Å². The second kappa shape index (κ2) is 7.51. The molecule has 5 aromatic rings. The van der Waals surface area contributed by atoms with E-state index in [1.54, 1.807) is 34.0 Å². The maximum absolute atomic E-state index is 13.8. The van der Waals surface area contributed by atoms with Gasteiger partial charge in [0, 0.05) is 19.1 Å². The van der Waals surface area contributed by atoms with Crippen LogP contribution in [0.4, 0.5) is 16.2 Å². The summed E-state index contributed by atoms with van der Waals surface area (Å²) >= 11 is 6.06. The minimum Gasteiger partial charge on any atom is -0.361 e. The standard InChI is InChI=1S/C21H18ClFN8/c1-30(2)21-28-19(24-10-17-26-15-7-6-12(22)8-16(15)27-17)18-20(29-21)31(11-25-18)14-5-3-4-13(23)9-14/h3-9,11H,10H2,1-2H3,(H,26,27)(H,24,28,29). The van der Waals surface area contributed by atoms with Crippen LogP contribution >= 0.6 is 11.6 Å². The summed E-state index contributed by atoms with van der Waals surface area (Å²) in [6, 6.07) is 11.8. The molecule has 0 saturated heterocycles. The van der Waals surface area contributed by atoms with Gasteiger partial charge in [0.2, 0.25) is 5.95 Å². The normalized spacial score (nSPS) is 11.4. The molecule has 2 N–H and O–H groups in total. The number of hydrogen-bond donors (Lipinski definition) is 2. The summed E-state index contributed by atoms with van der Waals surface area (Å²) in [5, 5.41) is 3.94. The third kappa shape index (κ3) is 3.64. The molecule has 0 bridgehead atoms. The molecule has 2 aromatic carbocycles. The summed E-state index contributed by atoms with van der Waals surface area (Å²) in [6.07, 6.45) is 1.61. The van der Waals surface area contributed by atoms with Gasteiger partial charge in [0.05, 0.1) is 23.3 Å². The van der Waals surface area contributed by atoms with Gasteiger partial charge in [0.15, 0.2) is 17.0 Å². The number of anilines is 2. The Kier molecular flexibility index (Phi) is 4.67. The molecular formula is C21H18ClFN8. The molecule has 0 aliphatic heterocycles. The summed E-state index contributed by atoms with van der Waals surface area (Å²) in [4.78, 5) is 23.3. The zero-order valence-electron chi connectivity index (χ0n) is 16.8. The van der Waals surface area contributed by atoms with Gasteiger partial charge >= 0.3 is 0 Å². The van der Waals surface area contributed by atoms with Gasteiger partial charge in [-0.3, -0.25) is 4.57 Å². The van der Waals surface area contributed by atoms with Gasteiger partial charge in [-0.1, -0.05) is 17.7 Å². The lowest BCUT2D eigenvalue weighted by Crippen LogP contribution is -2.15. The molecule has 0 saturated carbocycles. The van der Waals surface area contributed by atoms with Gasteiger partial charge in [0.1, 0.15) is 18.0 Å². The Balaban J connectivity index is 1.54. The summed E-state index contributed by atoms with van der Waals surface area (Å²) in [7, 11) is 3.72. The maximum atomic E-state index is 13.8. The Labute approximate surface area is 181 Å². The molecule has 10 heteroatoms. The van der Waals surface area contributed by atoms with Crippen molar-refractivity contribution in [2.24, 2.45) is 0 Å². The van der Waals surface area contributed by atoms with Crippen molar-refractivity contribution in [3.8, 4) is 5.69 Å². The smallest absolute Gasteiger partial charge is 0.228 e. The number of hydrogen-bond acceptors (Lipinski definition) is 6. The first-order chi connectivity index (χ1) is 15.0. The molecule has 0 radical (unpaired) electrons. The molecule has 0 unspecified atom stereocenters. The Hall–Kier alpha value is -3.72. The SMILES string of the molecule is CN(C)c1nc(NCc2nc3ccc(Cl)cc3[nH]2)c2ncn(-c3cccc(F)c3)c2n1. The number of fused-ring (bicyclic) bond motifs is 2. The van der Waals surface area contributed by atoms with E-state index < -0.39 is 0 Å². The number of benzene rings is 2. The topological polar surface area (TPSA) is 87.5 Å². The minimum absolute atomic E-state index is 0.329. The van der Waals surface area contributed by atoms with Crippen LogP contribution in [0.2, 0.25) is 5.02 Å². The van der Waals surface area contributed by atoms with E-state index in [4.69, 9.17) is 11.6 Å². The Morgan fingerprint density at radius 3 is 2.81 bits per heavy atom. The van der Waals surface area contributed by atoms with Gasteiger partial charge in [-0.25, -0.2) is 14.4 Å². The zero-order chi connectivity index (χ0) is 21.5. The van der Waals surface area contributed by atoms with Crippen LogP contribution in [-0.2, 0) is 6.54 Å². The fourth-order valence-electron chi connectivity index (χ4n) is 3.31. The fourth-order valence-corrected chi connectivity index (χ4v) is 3.48. The Morgan fingerprint density at radius 2 is 2.00 bits per heavy atom. The molecule has 3 heterocycles. The number of aromatic nitrogens is 6. The molecule has 0 spiro atoms. The van der Waals surface area contributed by atoms with Gasteiger partial charge in [-0.15, -0.1) is 0 Å². The zero-order valence-corrected chi connectivity index (χ0v) is 17.5. The molecule has 8 nitrogen and oxygen atoms in total. The molecule has 31 heavy (non-hydrogen) atoms. The van der Waals surface area contributed by atoms with Crippen LogP contribution in [0.25, 0.3) is 27.9 Å². The quantitative estimate of drug-likeness (QED) is 0.430. The molecule has 0 aliphatic carbocycles. The highest BCUT2D eigenvalue weighted by Crippen LogP contribution is 2.25. The van der Waals surface area contributed by atoms with Crippen LogP contribution < -0.4 is 10.2 Å². The predicted molar refractivity (Wildman–Crippen MR) is 119 cm³/mol. The van der Waals surface area contributed by atoms with E-state index in [1.165, 1.54) is 12.1 Å². The molecule has 0 aliphatic rings. The minimum atomic E-state index is -0.329. The first-order valence-corrected chi connectivity index (χ1v) is 9.92. The number of nitrogens with one attached hydrogen (secondary N) is 2. The number of rotatable bonds is 5. The van der Waals surface area contributed by atoms with Crippen molar-refractivity contribution >= 4 is 45.6 Å². The largest absolute Gasteiger partial charge is 0.361 e. The van der Waals surface area contributed by atoms with Gasteiger partial charge in [-0.2, -0.15) is 9.97 Å². The van der Waals surface area contributed by atoms with Crippen molar-refractivity contribution < 1.29 is 4.39 Å². The van der Waals surface area contributed by atoms with Crippen LogP contribution in [0.1, 0.15) is 5.82 Å².